The minimum absolute atomic E-state index is 0.280. The largest absolute Gasteiger partial charge is 0.353 e. The summed E-state index contributed by atoms with van der Waals surface area (Å²) in [4.78, 5) is 14.3. The van der Waals surface area contributed by atoms with Crippen molar-refractivity contribution in [2.24, 2.45) is 0 Å². The van der Waals surface area contributed by atoms with E-state index >= 15 is 0 Å². The molecule has 1 aliphatic rings. The van der Waals surface area contributed by atoms with Gasteiger partial charge in [-0.2, -0.15) is 0 Å². The van der Waals surface area contributed by atoms with E-state index in [2.05, 4.69) is 75.4 Å². The molecular weight excluding hydrogens is 356 g/mol. The lowest BCUT2D eigenvalue weighted by atomic mass is 9.96. The van der Waals surface area contributed by atoms with Crippen molar-refractivity contribution in [1.29, 1.82) is 0 Å². The van der Waals surface area contributed by atoms with Crippen molar-refractivity contribution in [2.45, 2.75) is 6.04 Å². The monoisotopic (exact) mass is 380 g/mol. The zero-order valence-electron chi connectivity index (χ0n) is 16.4. The van der Waals surface area contributed by atoms with Crippen LogP contribution in [0.3, 0.4) is 0 Å². The van der Waals surface area contributed by atoms with Crippen molar-refractivity contribution in [2.75, 3.05) is 31.1 Å². The molecule has 0 aliphatic carbocycles. The number of para-hydroxylation sites is 2. The number of nitrogens with zero attached hydrogens (tertiary/aromatic N) is 4. The second kappa shape index (κ2) is 8.02. The molecule has 0 bridgehead atoms. The van der Waals surface area contributed by atoms with Crippen molar-refractivity contribution in [1.82, 2.24) is 14.9 Å². The van der Waals surface area contributed by atoms with Gasteiger partial charge in [-0.1, -0.05) is 72.8 Å². The Kier molecular flexibility index (Phi) is 4.93. The first-order valence-electron chi connectivity index (χ1n) is 10.2. The van der Waals surface area contributed by atoms with Gasteiger partial charge >= 0.3 is 0 Å². The number of rotatable bonds is 4. The van der Waals surface area contributed by atoms with Gasteiger partial charge in [-0.25, -0.2) is 4.98 Å². The van der Waals surface area contributed by atoms with Crippen LogP contribution in [0.2, 0.25) is 0 Å². The summed E-state index contributed by atoms with van der Waals surface area (Å²) in [5.74, 6) is 0.972. The third-order valence-electron chi connectivity index (χ3n) is 5.67. The molecule has 144 valence electrons. The van der Waals surface area contributed by atoms with Crippen molar-refractivity contribution >= 4 is 16.9 Å². The molecule has 2 heterocycles. The van der Waals surface area contributed by atoms with Gasteiger partial charge in [0, 0.05) is 26.2 Å². The number of fused-ring (bicyclic) bond motifs is 1. The Morgan fingerprint density at radius 1 is 0.621 bits per heavy atom. The van der Waals surface area contributed by atoms with Gasteiger partial charge < -0.3 is 4.90 Å². The highest BCUT2D eigenvalue weighted by Crippen LogP contribution is 2.30. The third kappa shape index (κ3) is 3.71. The molecule has 1 saturated heterocycles. The van der Waals surface area contributed by atoms with E-state index in [1.54, 1.807) is 0 Å². The first kappa shape index (κ1) is 17.8. The molecule has 1 fully saturated rings. The number of anilines is 1. The maximum absolute atomic E-state index is 4.83. The number of hydrogen-bond acceptors (Lipinski definition) is 4. The summed E-state index contributed by atoms with van der Waals surface area (Å²) in [6, 6.07) is 30.0. The molecule has 5 rings (SSSR count). The lowest BCUT2D eigenvalue weighted by Gasteiger charge is -2.40. The topological polar surface area (TPSA) is 32.3 Å². The fourth-order valence-electron chi connectivity index (χ4n) is 4.19. The second-order valence-corrected chi connectivity index (χ2v) is 7.46. The Balaban J connectivity index is 1.37. The minimum atomic E-state index is 0.280. The molecule has 0 unspecified atom stereocenters. The third-order valence-corrected chi connectivity index (χ3v) is 5.67. The van der Waals surface area contributed by atoms with Crippen LogP contribution < -0.4 is 4.90 Å². The molecule has 0 radical (unpaired) electrons. The van der Waals surface area contributed by atoms with Gasteiger partial charge in [-0.05, 0) is 23.3 Å². The Bertz CT molecular complexity index is 1030. The highest BCUT2D eigenvalue weighted by molar-refractivity contribution is 5.75. The summed E-state index contributed by atoms with van der Waals surface area (Å²) in [5.41, 5.74) is 4.59. The van der Waals surface area contributed by atoms with E-state index in [1.807, 2.05) is 30.5 Å². The molecule has 0 N–H and O–H groups in total. The van der Waals surface area contributed by atoms with Gasteiger partial charge in [-0.15, -0.1) is 0 Å². The summed E-state index contributed by atoms with van der Waals surface area (Å²) >= 11 is 0. The lowest BCUT2D eigenvalue weighted by molar-refractivity contribution is 0.212. The van der Waals surface area contributed by atoms with Gasteiger partial charge in [0.1, 0.15) is 5.82 Å². The van der Waals surface area contributed by atoms with Gasteiger partial charge in [0.05, 0.1) is 23.3 Å². The lowest BCUT2D eigenvalue weighted by Crippen LogP contribution is -2.48. The maximum atomic E-state index is 4.83. The second-order valence-electron chi connectivity index (χ2n) is 7.46. The fraction of sp³-hybridized carbons (Fsp3) is 0.200. The molecule has 1 aliphatic heterocycles. The summed E-state index contributed by atoms with van der Waals surface area (Å²) in [7, 11) is 0. The van der Waals surface area contributed by atoms with Crippen LogP contribution in [-0.2, 0) is 0 Å². The first-order valence-corrected chi connectivity index (χ1v) is 10.2. The SMILES string of the molecule is c1ccc(C(c2ccccc2)N2CCN(c3cnc4ccccc4n3)CC2)cc1. The number of aromatic nitrogens is 2. The standard InChI is InChI=1S/C25H24N4/c1-3-9-20(10-4-1)25(21-11-5-2-6-12-21)29-17-15-28(16-18-29)24-19-26-22-13-7-8-14-23(22)27-24/h1-14,19,25H,15-18H2. The van der Waals surface area contributed by atoms with Gasteiger partial charge in [-0.3, -0.25) is 9.88 Å². The van der Waals surface area contributed by atoms with E-state index in [1.165, 1.54) is 11.1 Å². The fourth-order valence-corrected chi connectivity index (χ4v) is 4.19. The Labute approximate surface area is 171 Å². The molecule has 0 saturated carbocycles. The Morgan fingerprint density at radius 2 is 1.17 bits per heavy atom. The van der Waals surface area contributed by atoms with Gasteiger partial charge in [0.15, 0.2) is 0 Å². The predicted octanol–water partition coefficient (Wildman–Crippen LogP) is 4.54. The zero-order chi connectivity index (χ0) is 19.5. The Morgan fingerprint density at radius 3 is 1.79 bits per heavy atom. The number of hydrogen-bond donors (Lipinski definition) is 0. The van der Waals surface area contributed by atoms with E-state index in [4.69, 9.17) is 4.98 Å². The average molecular weight is 380 g/mol. The normalized spacial score (nSPS) is 15.1. The smallest absolute Gasteiger partial charge is 0.147 e. The number of benzene rings is 3. The quantitative estimate of drug-likeness (QED) is 0.520. The van der Waals surface area contributed by atoms with Crippen molar-refractivity contribution in [3.63, 3.8) is 0 Å². The Hall–Kier alpha value is -3.24. The molecular formula is C25H24N4. The van der Waals surface area contributed by atoms with Crippen LogP contribution in [0.15, 0.2) is 91.1 Å². The number of piperazine rings is 1. The summed E-state index contributed by atoms with van der Waals surface area (Å²) in [5, 5.41) is 0. The van der Waals surface area contributed by atoms with E-state index in [9.17, 15) is 0 Å². The molecule has 29 heavy (non-hydrogen) atoms. The van der Waals surface area contributed by atoms with Crippen LogP contribution >= 0.6 is 0 Å². The van der Waals surface area contributed by atoms with Crippen LogP contribution in [0.4, 0.5) is 5.82 Å². The summed E-state index contributed by atoms with van der Waals surface area (Å²) < 4.78 is 0. The maximum Gasteiger partial charge on any atom is 0.147 e. The molecule has 0 spiro atoms. The van der Waals surface area contributed by atoms with Crippen LogP contribution in [0, 0.1) is 0 Å². The van der Waals surface area contributed by atoms with Crippen molar-refractivity contribution in [3.05, 3.63) is 102 Å². The molecule has 0 amide bonds. The predicted molar refractivity (Wildman–Crippen MR) is 118 cm³/mol. The van der Waals surface area contributed by atoms with E-state index in [0.717, 1.165) is 43.0 Å². The van der Waals surface area contributed by atoms with Gasteiger partial charge in [0.25, 0.3) is 0 Å². The highest BCUT2D eigenvalue weighted by Gasteiger charge is 2.26. The van der Waals surface area contributed by atoms with Crippen molar-refractivity contribution < 1.29 is 0 Å². The molecule has 3 aromatic carbocycles. The highest BCUT2D eigenvalue weighted by atomic mass is 15.3. The van der Waals surface area contributed by atoms with Crippen LogP contribution in [-0.4, -0.2) is 41.0 Å². The molecule has 4 aromatic rings. The molecule has 0 atom stereocenters. The molecule has 4 heteroatoms. The summed E-state index contributed by atoms with van der Waals surface area (Å²) in [6.07, 6.45) is 1.91. The minimum Gasteiger partial charge on any atom is -0.353 e. The van der Waals surface area contributed by atoms with Crippen LogP contribution in [0.25, 0.3) is 11.0 Å². The van der Waals surface area contributed by atoms with E-state index < -0.39 is 0 Å². The van der Waals surface area contributed by atoms with Crippen molar-refractivity contribution in [3.8, 4) is 0 Å². The molecule has 4 nitrogen and oxygen atoms in total. The molecule has 1 aromatic heterocycles. The zero-order valence-corrected chi connectivity index (χ0v) is 16.4. The van der Waals surface area contributed by atoms with E-state index in [-0.39, 0.29) is 6.04 Å². The average Bonchev–Trinajstić information content (AvgIpc) is 2.81. The first-order chi connectivity index (χ1) is 14.4. The summed E-state index contributed by atoms with van der Waals surface area (Å²) in [6.45, 7) is 3.87. The van der Waals surface area contributed by atoms with Crippen LogP contribution in [0.1, 0.15) is 17.2 Å². The van der Waals surface area contributed by atoms with Crippen LogP contribution in [0.5, 0.6) is 0 Å². The van der Waals surface area contributed by atoms with E-state index in [0.29, 0.717) is 0 Å². The van der Waals surface area contributed by atoms with Gasteiger partial charge in [0.2, 0.25) is 0 Å².